The quantitative estimate of drug-likeness (QED) is 0.875. The molecule has 7 heteroatoms. The summed E-state index contributed by atoms with van der Waals surface area (Å²) < 4.78 is 36.9. The van der Waals surface area contributed by atoms with Crippen molar-refractivity contribution in [2.45, 2.75) is 32.5 Å². The number of aromatic nitrogens is 2. The van der Waals surface area contributed by atoms with E-state index in [4.69, 9.17) is 5.11 Å². The van der Waals surface area contributed by atoms with Gasteiger partial charge in [0.25, 0.3) is 0 Å². The fraction of sp³-hybridized carbons (Fsp3) is 0.556. The molecule has 0 aliphatic carbocycles. The predicted molar refractivity (Wildman–Crippen MR) is 49.3 cm³/mol. The molecule has 1 aromatic heterocycles. The molecular formula is C9H11F3N2O2. The second-order valence-electron chi connectivity index (χ2n) is 3.69. The van der Waals surface area contributed by atoms with Crippen LogP contribution in [0.5, 0.6) is 0 Å². The summed E-state index contributed by atoms with van der Waals surface area (Å²) in [6.45, 7) is 2.07. The van der Waals surface area contributed by atoms with Crippen LogP contribution in [0.15, 0.2) is 6.07 Å². The van der Waals surface area contributed by atoms with Crippen LogP contribution in [0.25, 0.3) is 0 Å². The first-order chi connectivity index (χ1) is 7.20. The Kier molecular flexibility index (Phi) is 3.25. The highest BCUT2D eigenvalue weighted by Crippen LogP contribution is 2.21. The molecule has 0 atom stereocenters. The maximum atomic E-state index is 12.1. The smallest absolute Gasteiger partial charge is 0.408 e. The Morgan fingerprint density at radius 2 is 2.12 bits per heavy atom. The SMILES string of the molecule is CC(C)c1cc(C(=O)O)n(CC(F)(F)F)n1. The Morgan fingerprint density at radius 1 is 1.56 bits per heavy atom. The lowest BCUT2D eigenvalue weighted by atomic mass is 10.1. The summed E-state index contributed by atoms with van der Waals surface area (Å²) in [4.78, 5) is 10.7. The van der Waals surface area contributed by atoms with Gasteiger partial charge >= 0.3 is 12.1 Å². The molecule has 0 saturated carbocycles. The zero-order valence-corrected chi connectivity index (χ0v) is 8.75. The highest BCUT2D eigenvalue weighted by atomic mass is 19.4. The second kappa shape index (κ2) is 4.15. The fourth-order valence-electron chi connectivity index (χ4n) is 1.18. The van der Waals surface area contributed by atoms with E-state index in [-0.39, 0.29) is 5.92 Å². The number of carboxylic acids is 1. The molecule has 0 saturated heterocycles. The zero-order valence-electron chi connectivity index (χ0n) is 8.75. The van der Waals surface area contributed by atoms with Crippen LogP contribution in [-0.4, -0.2) is 27.0 Å². The molecule has 1 aromatic rings. The summed E-state index contributed by atoms with van der Waals surface area (Å²) in [6, 6.07) is 1.17. The molecule has 0 fully saturated rings. The number of hydrogen-bond donors (Lipinski definition) is 1. The van der Waals surface area contributed by atoms with E-state index < -0.39 is 24.4 Å². The van der Waals surface area contributed by atoms with Crippen LogP contribution in [-0.2, 0) is 6.54 Å². The van der Waals surface area contributed by atoms with E-state index in [0.29, 0.717) is 10.4 Å². The molecule has 0 aromatic carbocycles. The number of carbonyl (C=O) groups is 1. The molecule has 0 aliphatic rings. The molecule has 90 valence electrons. The van der Waals surface area contributed by atoms with E-state index in [9.17, 15) is 18.0 Å². The van der Waals surface area contributed by atoms with Gasteiger partial charge < -0.3 is 5.11 Å². The summed E-state index contributed by atoms with van der Waals surface area (Å²) in [5.74, 6) is -1.53. The van der Waals surface area contributed by atoms with Gasteiger partial charge in [-0.25, -0.2) is 9.48 Å². The lowest BCUT2D eigenvalue weighted by molar-refractivity contribution is -0.142. The van der Waals surface area contributed by atoms with Gasteiger partial charge in [-0.05, 0) is 12.0 Å². The maximum Gasteiger partial charge on any atom is 0.408 e. The van der Waals surface area contributed by atoms with Crippen LogP contribution in [0.1, 0.15) is 35.9 Å². The number of aromatic carboxylic acids is 1. The van der Waals surface area contributed by atoms with Gasteiger partial charge in [0.2, 0.25) is 0 Å². The number of hydrogen-bond acceptors (Lipinski definition) is 2. The highest BCUT2D eigenvalue weighted by Gasteiger charge is 2.31. The van der Waals surface area contributed by atoms with Crippen LogP contribution < -0.4 is 0 Å². The predicted octanol–water partition coefficient (Wildman–Crippen LogP) is 2.27. The standard InChI is InChI=1S/C9H11F3N2O2/c1-5(2)6-3-7(8(15)16)14(13-6)4-9(10,11)12/h3,5H,4H2,1-2H3,(H,15,16). The number of carboxylic acid groups (broad SMARTS) is 1. The van der Waals surface area contributed by atoms with Crippen molar-refractivity contribution in [3.8, 4) is 0 Å². The fourth-order valence-corrected chi connectivity index (χ4v) is 1.18. The first-order valence-corrected chi connectivity index (χ1v) is 4.58. The third kappa shape index (κ3) is 2.98. The van der Waals surface area contributed by atoms with Crippen molar-refractivity contribution in [3.63, 3.8) is 0 Å². The molecule has 1 rings (SSSR count). The van der Waals surface area contributed by atoms with Crippen molar-refractivity contribution in [1.29, 1.82) is 0 Å². The Hall–Kier alpha value is -1.53. The van der Waals surface area contributed by atoms with Crippen LogP contribution >= 0.6 is 0 Å². The van der Waals surface area contributed by atoms with Gasteiger partial charge in [-0.1, -0.05) is 13.8 Å². The van der Waals surface area contributed by atoms with Gasteiger partial charge in [0.15, 0.2) is 0 Å². The Morgan fingerprint density at radius 3 is 2.50 bits per heavy atom. The van der Waals surface area contributed by atoms with E-state index in [2.05, 4.69) is 5.10 Å². The van der Waals surface area contributed by atoms with Gasteiger partial charge in [0, 0.05) is 0 Å². The van der Waals surface area contributed by atoms with Crippen LogP contribution in [0.3, 0.4) is 0 Å². The van der Waals surface area contributed by atoms with Gasteiger partial charge in [0.05, 0.1) is 5.69 Å². The van der Waals surface area contributed by atoms with E-state index >= 15 is 0 Å². The molecule has 4 nitrogen and oxygen atoms in total. The third-order valence-electron chi connectivity index (χ3n) is 1.94. The van der Waals surface area contributed by atoms with Crippen molar-refractivity contribution in [3.05, 3.63) is 17.5 Å². The Bertz CT molecular complexity index is 396. The molecule has 0 amide bonds. The van der Waals surface area contributed by atoms with Crippen molar-refractivity contribution >= 4 is 5.97 Å². The van der Waals surface area contributed by atoms with E-state index in [1.54, 1.807) is 13.8 Å². The summed E-state index contributed by atoms with van der Waals surface area (Å²) in [7, 11) is 0. The van der Waals surface area contributed by atoms with Gasteiger partial charge in [-0.2, -0.15) is 18.3 Å². The molecule has 1 heterocycles. The topological polar surface area (TPSA) is 55.1 Å². The monoisotopic (exact) mass is 236 g/mol. The van der Waals surface area contributed by atoms with E-state index in [1.807, 2.05) is 0 Å². The molecule has 0 bridgehead atoms. The molecule has 0 aliphatic heterocycles. The van der Waals surface area contributed by atoms with Crippen molar-refractivity contribution in [2.75, 3.05) is 0 Å². The minimum absolute atomic E-state index is 0.118. The Labute approximate surface area is 89.7 Å². The van der Waals surface area contributed by atoms with E-state index in [0.717, 1.165) is 0 Å². The first-order valence-electron chi connectivity index (χ1n) is 4.58. The molecule has 0 unspecified atom stereocenters. The lowest BCUT2D eigenvalue weighted by Crippen LogP contribution is -2.22. The summed E-state index contributed by atoms with van der Waals surface area (Å²) in [5, 5.41) is 12.4. The molecule has 1 N–H and O–H groups in total. The first kappa shape index (κ1) is 12.5. The van der Waals surface area contributed by atoms with Crippen LogP contribution in [0.4, 0.5) is 13.2 Å². The van der Waals surface area contributed by atoms with Crippen molar-refractivity contribution in [1.82, 2.24) is 9.78 Å². The number of alkyl halides is 3. The summed E-state index contributed by atoms with van der Waals surface area (Å²) in [5.41, 5.74) is -0.109. The largest absolute Gasteiger partial charge is 0.477 e. The average molecular weight is 236 g/mol. The Balaban J connectivity index is 3.10. The van der Waals surface area contributed by atoms with Gasteiger partial charge in [0.1, 0.15) is 12.2 Å². The second-order valence-corrected chi connectivity index (χ2v) is 3.69. The average Bonchev–Trinajstić information content (AvgIpc) is 2.44. The normalized spacial score (nSPS) is 12.1. The minimum atomic E-state index is -4.48. The summed E-state index contributed by atoms with van der Waals surface area (Å²) in [6.07, 6.45) is -4.48. The summed E-state index contributed by atoms with van der Waals surface area (Å²) >= 11 is 0. The van der Waals surface area contributed by atoms with Crippen molar-refractivity contribution in [2.24, 2.45) is 0 Å². The minimum Gasteiger partial charge on any atom is -0.477 e. The van der Waals surface area contributed by atoms with Crippen LogP contribution in [0, 0.1) is 0 Å². The van der Waals surface area contributed by atoms with Crippen molar-refractivity contribution < 1.29 is 23.1 Å². The number of nitrogens with zero attached hydrogens (tertiary/aromatic N) is 2. The number of rotatable bonds is 3. The van der Waals surface area contributed by atoms with Gasteiger partial charge in [-0.15, -0.1) is 0 Å². The number of halogens is 3. The third-order valence-corrected chi connectivity index (χ3v) is 1.94. The van der Waals surface area contributed by atoms with Gasteiger partial charge in [-0.3, -0.25) is 0 Å². The zero-order chi connectivity index (χ0) is 12.5. The molecule has 16 heavy (non-hydrogen) atoms. The van der Waals surface area contributed by atoms with E-state index in [1.165, 1.54) is 6.07 Å². The lowest BCUT2D eigenvalue weighted by Gasteiger charge is -2.07. The molecule has 0 radical (unpaired) electrons. The van der Waals surface area contributed by atoms with Crippen LogP contribution in [0.2, 0.25) is 0 Å². The molecular weight excluding hydrogens is 225 g/mol. The molecule has 0 spiro atoms. The maximum absolute atomic E-state index is 12.1. The highest BCUT2D eigenvalue weighted by molar-refractivity contribution is 5.85.